The highest BCUT2D eigenvalue weighted by atomic mass is 32.1. The van der Waals surface area contributed by atoms with Crippen molar-refractivity contribution in [3.8, 4) is 0 Å². The molecule has 0 aromatic heterocycles. The average Bonchev–Trinajstić information content (AvgIpc) is 2.70. The number of nitrogens with zero attached hydrogens (tertiary/aromatic N) is 1. The maximum Gasteiger partial charge on any atom is 0.327 e. The third kappa shape index (κ3) is 11.9. The second-order valence-electron chi connectivity index (χ2n) is 7.10. The number of aliphatic hydroxyl groups is 1. The van der Waals surface area contributed by atoms with Crippen molar-refractivity contribution in [2.24, 2.45) is 27.9 Å². The van der Waals surface area contributed by atoms with Crippen molar-refractivity contribution < 1.29 is 34.2 Å². The first-order chi connectivity index (χ1) is 15.3. The quantitative estimate of drug-likeness (QED) is 0.0450. The number of aliphatic imine (C=N–C) groups is 1. The van der Waals surface area contributed by atoms with Gasteiger partial charge in [-0.05, 0) is 19.8 Å². The molecule has 0 aliphatic heterocycles. The molecule has 0 bridgehead atoms. The highest BCUT2D eigenvalue weighted by Gasteiger charge is 2.32. The lowest BCUT2D eigenvalue weighted by molar-refractivity contribution is -0.141. The third-order valence-electron chi connectivity index (χ3n) is 4.20. The van der Waals surface area contributed by atoms with Crippen LogP contribution in [0, 0.1) is 0 Å². The number of guanidine groups is 1. The number of carboxylic acids is 1. The number of carboxylic acid groups (broad SMARTS) is 1. The number of amides is 4. The zero-order valence-electron chi connectivity index (χ0n) is 18.1. The summed E-state index contributed by atoms with van der Waals surface area (Å²) in [5.41, 5.74) is 21.0. The van der Waals surface area contributed by atoms with Crippen LogP contribution in [-0.2, 0) is 24.0 Å². The summed E-state index contributed by atoms with van der Waals surface area (Å²) in [6.45, 7) is 1.33. The van der Waals surface area contributed by atoms with Gasteiger partial charge in [-0.3, -0.25) is 24.2 Å². The summed E-state index contributed by atoms with van der Waals surface area (Å²) >= 11 is 3.86. The Bertz CT molecular complexity index is 745. The van der Waals surface area contributed by atoms with E-state index >= 15 is 0 Å². The fourth-order valence-corrected chi connectivity index (χ4v) is 2.71. The second kappa shape index (κ2) is 14.9. The Morgan fingerprint density at radius 2 is 1.55 bits per heavy atom. The Labute approximate surface area is 195 Å². The Hall–Kier alpha value is -3.11. The topological polar surface area (TPSA) is 278 Å². The summed E-state index contributed by atoms with van der Waals surface area (Å²) in [6.07, 6.45) is -1.68. The van der Waals surface area contributed by atoms with Gasteiger partial charge in [0.15, 0.2) is 5.96 Å². The molecule has 0 saturated carbocycles. The van der Waals surface area contributed by atoms with E-state index in [1.807, 2.05) is 0 Å². The number of rotatable bonds is 15. The summed E-state index contributed by atoms with van der Waals surface area (Å²) in [5, 5.41) is 25.8. The molecule has 0 fully saturated rings. The number of nitrogens with two attached hydrogens (primary N) is 4. The van der Waals surface area contributed by atoms with Gasteiger partial charge in [0.25, 0.3) is 0 Å². The number of aliphatic hydroxyl groups excluding tert-OH is 1. The molecule has 188 valence electrons. The molecule has 0 aromatic carbocycles. The lowest BCUT2D eigenvalue weighted by Gasteiger charge is -2.26. The molecular formula is C17H32N8O7S. The van der Waals surface area contributed by atoms with Crippen molar-refractivity contribution in [1.82, 2.24) is 16.0 Å². The minimum atomic E-state index is -1.54. The Morgan fingerprint density at radius 1 is 0.970 bits per heavy atom. The van der Waals surface area contributed by atoms with Gasteiger partial charge in [0.1, 0.15) is 18.1 Å². The molecule has 16 heteroatoms. The molecule has 0 rings (SSSR count). The standard InChI is InChI=1S/C17H32N8O7S/c1-7(26)12(25-13(28)8(18)5-11(19)27)15(30)23-9(3-2-4-22-17(20)21)14(29)24-10(6-33)16(31)32/h7-10,12,26,33H,2-6,18H2,1H3,(H2,19,27)(H,23,30)(H,24,29)(H,25,28)(H,31,32)(H4,20,21,22). The Morgan fingerprint density at radius 3 is 2.00 bits per heavy atom. The van der Waals surface area contributed by atoms with Crippen molar-refractivity contribution in [2.75, 3.05) is 12.3 Å². The highest BCUT2D eigenvalue weighted by Crippen LogP contribution is 2.04. The van der Waals surface area contributed by atoms with E-state index in [0.29, 0.717) is 0 Å². The molecule has 0 heterocycles. The van der Waals surface area contributed by atoms with E-state index in [0.717, 1.165) is 0 Å². The average molecular weight is 493 g/mol. The van der Waals surface area contributed by atoms with Crippen LogP contribution in [0.2, 0.25) is 0 Å². The zero-order valence-corrected chi connectivity index (χ0v) is 19.0. The van der Waals surface area contributed by atoms with Gasteiger partial charge in [-0.25, -0.2) is 4.79 Å². The molecule has 0 aliphatic carbocycles. The van der Waals surface area contributed by atoms with Crippen molar-refractivity contribution in [3.63, 3.8) is 0 Å². The van der Waals surface area contributed by atoms with E-state index in [9.17, 15) is 29.1 Å². The maximum absolute atomic E-state index is 12.7. The largest absolute Gasteiger partial charge is 0.480 e. The van der Waals surface area contributed by atoms with Gasteiger partial charge in [-0.1, -0.05) is 0 Å². The molecule has 0 saturated heterocycles. The highest BCUT2D eigenvalue weighted by molar-refractivity contribution is 7.80. The molecule has 4 amide bonds. The first-order valence-electron chi connectivity index (χ1n) is 9.82. The van der Waals surface area contributed by atoms with Crippen LogP contribution < -0.4 is 38.9 Å². The van der Waals surface area contributed by atoms with Crippen LogP contribution in [0.4, 0.5) is 0 Å². The monoisotopic (exact) mass is 492 g/mol. The number of hydrogen-bond acceptors (Lipinski definition) is 9. The van der Waals surface area contributed by atoms with E-state index in [2.05, 4.69) is 33.6 Å². The van der Waals surface area contributed by atoms with Crippen LogP contribution in [0.1, 0.15) is 26.2 Å². The number of primary amides is 1. The molecule has 0 aliphatic rings. The van der Waals surface area contributed by atoms with E-state index in [-0.39, 0.29) is 31.1 Å². The van der Waals surface area contributed by atoms with Gasteiger partial charge in [0.05, 0.1) is 18.6 Å². The molecule has 33 heavy (non-hydrogen) atoms. The van der Waals surface area contributed by atoms with E-state index < -0.39 is 66.3 Å². The molecule has 0 aromatic rings. The number of nitrogens with one attached hydrogen (secondary N) is 3. The predicted molar refractivity (Wildman–Crippen MR) is 121 cm³/mol. The van der Waals surface area contributed by atoms with Crippen LogP contribution in [-0.4, -0.2) is 88.3 Å². The second-order valence-corrected chi connectivity index (χ2v) is 7.46. The lowest BCUT2D eigenvalue weighted by Crippen LogP contribution is -2.60. The number of thiol groups is 1. The summed E-state index contributed by atoms with van der Waals surface area (Å²) in [4.78, 5) is 63.3. The SMILES string of the molecule is CC(O)C(NC(=O)C(N)CC(N)=O)C(=O)NC(CCCN=C(N)N)C(=O)NC(CS)C(=O)O. The third-order valence-corrected chi connectivity index (χ3v) is 4.56. The van der Waals surface area contributed by atoms with Crippen molar-refractivity contribution >= 4 is 48.2 Å². The number of carbonyl (C=O) groups is 5. The van der Waals surface area contributed by atoms with Gasteiger partial charge in [0, 0.05) is 12.3 Å². The molecular weight excluding hydrogens is 460 g/mol. The summed E-state index contributed by atoms with van der Waals surface area (Å²) in [6, 6.07) is -5.48. The maximum atomic E-state index is 12.7. The van der Waals surface area contributed by atoms with Crippen molar-refractivity contribution in [3.05, 3.63) is 0 Å². The normalized spacial score (nSPS) is 15.2. The zero-order chi connectivity index (χ0) is 25.7. The van der Waals surface area contributed by atoms with Crippen molar-refractivity contribution in [1.29, 1.82) is 0 Å². The van der Waals surface area contributed by atoms with E-state index in [4.69, 9.17) is 28.0 Å². The van der Waals surface area contributed by atoms with Crippen LogP contribution in [0.15, 0.2) is 4.99 Å². The fraction of sp³-hybridized carbons (Fsp3) is 0.647. The smallest absolute Gasteiger partial charge is 0.327 e. The van der Waals surface area contributed by atoms with E-state index in [1.165, 1.54) is 6.92 Å². The minimum Gasteiger partial charge on any atom is -0.480 e. The van der Waals surface area contributed by atoms with Crippen molar-refractivity contribution in [2.45, 2.75) is 56.5 Å². The molecule has 13 N–H and O–H groups in total. The molecule has 15 nitrogen and oxygen atoms in total. The van der Waals surface area contributed by atoms with Crippen LogP contribution in [0.5, 0.6) is 0 Å². The van der Waals surface area contributed by atoms with Crippen LogP contribution >= 0.6 is 12.6 Å². The summed E-state index contributed by atoms with van der Waals surface area (Å²) < 4.78 is 0. The minimum absolute atomic E-state index is 0.00503. The summed E-state index contributed by atoms with van der Waals surface area (Å²) in [7, 11) is 0. The Kier molecular flexibility index (Phi) is 13.5. The summed E-state index contributed by atoms with van der Waals surface area (Å²) in [5.74, 6) is -5.28. The van der Waals surface area contributed by atoms with Gasteiger partial charge >= 0.3 is 5.97 Å². The molecule has 5 atom stereocenters. The number of hydrogen-bond donors (Lipinski definition) is 10. The van der Waals surface area contributed by atoms with Gasteiger partial charge in [-0.2, -0.15) is 12.6 Å². The first kappa shape index (κ1) is 29.9. The van der Waals surface area contributed by atoms with E-state index in [1.54, 1.807) is 0 Å². The van der Waals surface area contributed by atoms with Crippen LogP contribution in [0.25, 0.3) is 0 Å². The fourth-order valence-electron chi connectivity index (χ4n) is 2.47. The molecule has 5 unspecified atom stereocenters. The van der Waals surface area contributed by atoms with Gasteiger partial charge < -0.3 is 49.1 Å². The Balaban J connectivity index is 5.46. The van der Waals surface area contributed by atoms with Gasteiger partial charge in [0.2, 0.25) is 23.6 Å². The van der Waals surface area contributed by atoms with Gasteiger partial charge in [-0.15, -0.1) is 0 Å². The first-order valence-corrected chi connectivity index (χ1v) is 10.5. The molecule has 0 spiro atoms. The number of carbonyl (C=O) groups excluding carboxylic acids is 4. The molecule has 0 radical (unpaired) electrons. The number of aliphatic carboxylic acids is 1. The van der Waals surface area contributed by atoms with Crippen LogP contribution in [0.3, 0.4) is 0 Å². The lowest BCUT2D eigenvalue weighted by atomic mass is 10.1. The predicted octanol–water partition coefficient (Wildman–Crippen LogP) is -4.91.